The molecule has 80 valence electrons. The number of hydrogen-bond acceptors (Lipinski definition) is 5. The van der Waals surface area contributed by atoms with E-state index in [1.807, 2.05) is 0 Å². The van der Waals surface area contributed by atoms with Gasteiger partial charge in [0.1, 0.15) is 0 Å². The van der Waals surface area contributed by atoms with Crippen molar-refractivity contribution >= 4 is 5.95 Å². The molecule has 0 unspecified atom stereocenters. The summed E-state index contributed by atoms with van der Waals surface area (Å²) in [5, 5.41) is 11.5. The Labute approximate surface area is 88.9 Å². The van der Waals surface area contributed by atoms with Crippen LogP contribution in [0.2, 0.25) is 0 Å². The van der Waals surface area contributed by atoms with Crippen LogP contribution in [0.15, 0.2) is 12.4 Å². The first kappa shape index (κ1) is 9.03. The molecule has 0 bridgehead atoms. The predicted molar refractivity (Wildman–Crippen MR) is 56.6 cm³/mol. The minimum Gasteiger partial charge on any atom is -0.337 e. The molecule has 1 N–H and O–H groups in total. The van der Waals surface area contributed by atoms with Crippen LogP contribution in [0.25, 0.3) is 0 Å². The van der Waals surface area contributed by atoms with Crippen LogP contribution in [0.1, 0.15) is 12.8 Å². The van der Waals surface area contributed by atoms with Crippen LogP contribution in [0, 0.1) is 5.92 Å². The van der Waals surface area contributed by atoms with Gasteiger partial charge in [-0.2, -0.15) is 5.10 Å². The fraction of sp³-hybridized carbons (Fsp3) is 0.700. The Morgan fingerprint density at radius 2 is 2.27 bits per heavy atom. The minimum atomic E-state index is 0.627. The van der Waals surface area contributed by atoms with Gasteiger partial charge in [0, 0.05) is 25.7 Å². The second-order valence-electron chi connectivity index (χ2n) is 4.29. The fourth-order valence-electron chi connectivity index (χ4n) is 2.16. The molecule has 2 fully saturated rings. The molecule has 3 rings (SSSR count). The minimum absolute atomic E-state index is 0.627. The maximum Gasteiger partial charge on any atom is 0.245 e. The summed E-state index contributed by atoms with van der Waals surface area (Å²) in [4.78, 5) is 6.47. The van der Waals surface area contributed by atoms with Crippen molar-refractivity contribution in [1.29, 1.82) is 0 Å². The SMILES string of the molecule is c1cnc(N2CCN[C@@H](C3CC3)C2)nn1. The fourth-order valence-corrected chi connectivity index (χ4v) is 2.16. The second-order valence-corrected chi connectivity index (χ2v) is 4.29. The first-order chi connectivity index (χ1) is 7.43. The van der Waals surface area contributed by atoms with Gasteiger partial charge in [-0.1, -0.05) is 0 Å². The van der Waals surface area contributed by atoms with Crippen molar-refractivity contribution in [1.82, 2.24) is 20.5 Å². The lowest BCUT2D eigenvalue weighted by Gasteiger charge is -2.33. The van der Waals surface area contributed by atoms with Gasteiger partial charge in [0.2, 0.25) is 5.95 Å². The number of piperazine rings is 1. The van der Waals surface area contributed by atoms with Crippen molar-refractivity contribution in [3.05, 3.63) is 12.4 Å². The molecule has 2 aliphatic rings. The van der Waals surface area contributed by atoms with Gasteiger partial charge < -0.3 is 10.2 Å². The van der Waals surface area contributed by atoms with Crippen molar-refractivity contribution in [2.75, 3.05) is 24.5 Å². The van der Waals surface area contributed by atoms with Gasteiger partial charge in [-0.25, -0.2) is 4.98 Å². The van der Waals surface area contributed by atoms with Gasteiger partial charge in [-0.15, -0.1) is 5.10 Å². The van der Waals surface area contributed by atoms with Crippen LogP contribution in [-0.2, 0) is 0 Å². The van der Waals surface area contributed by atoms with Gasteiger partial charge in [0.25, 0.3) is 0 Å². The molecule has 5 nitrogen and oxygen atoms in total. The van der Waals surface area contributed by atoms with Crippen LogP contribution < -0.4 is 10.2 Å². The molecule has 2 heterocycles. The molecule has 1 aliphatic carbocycles. The van der Waals surface area contributed by atoms with Crippen molar-refractivity contribution in [3.63, 3.8) is 0 Å². The number of rotatable bonds is 2. The number of nitrogens with zero attached hydrogens (tertiary/aromatic N) is 4. The topological polar surface area (TPSA) is 53.9 Å². The van der Waals surface area contributed by atoms with E-state index in [1.54, 1.807) is 12.4 Å². The highest BCUT2D eigenvalue weighted by Crippen LogP contribution is 2.33. The molecule has 1 aliphatic heterocycles. The lowest BCUT2D eigenvalue weighted by atomic mass is 10.1. The summed E-state index contributed by atoms with van der Waals surface area (Å²) in [7, 11) is 0. The average molecular weight is 205 g/mol. The second kappa shape index (κ2) is 3.73. The van der Waals surface area contributed by atoms with Crippen LogP contribution in [-0.4, -0.2) is 40.9 Å². The summed E-state index contributed by atoms with van der Waals surface area (Å²) in [5.74, 6) is 1.65. The Morgan fingerprint density at radius 3 is 3.00 bits per heavy atom. The Kier molecular flexibility index (Phi) is 2.25. The molecule has 0 radical (unpaired) electrons. The first-order valence-electron chi connectivity index (χ1n) is 5.55. The summed E-state index contributed by atoms with van der Waals surface area (Å²) in [6, 6.07) is 0.627. The van der Waals surface area contributed by atoms with E-state index in [2.05, 4.69) is 25.4 Å². The van der Waals surface area contributed by atoms with E-state index in [9.17, 15) is 0 Å². The Balaban J connectivity index is 1.70. The zero-order valence-corrected chi connectivity index (χ0v) is 8.63. The molecule has 0 spiro atoms. The average Bonchev–Trinajstić information content (AvgIpc) is 3.14. The van der Waals surface area contributed by atoms with Gasteiger partial charge >= 0.3 is 0 Å². The molecule has 1 aromatic rings. The molecule has 1 atom stereocenters. The van der Waals surface area contributed by atoms with Gasteiger partial charge in [0.05, 0.1) is 12.4 Å². The normalized spacial score (nSPS) is 26.7. The van der Waals surface area contributed by atoms with Crippen LogP contribution in [0.3, 0.4) is 0 Å². The van der Waals surface area contributed by atoms with E-state index in [0.717, 1.165) is 31.5 Å². The third kappa shape index (κ3) is 1.92. The molecule has 1 saturated carbocycles. The van der Waals surface area contributed by atoms with E-state index in [1.165, 1.54) is 12.8 Å². The zero-order chi connectivity index (χ0) is 10.1. The number of hydrogen-bond donors (Lipinski definition) is 1. The monoisotopic (exact) mass is 205 g/mol. The summed E-state index contributed by atoms with van der Waals surface area (Å²) in [6.45, 7) is 3.03. The highest BCUT2D eigenvalue weighted by Gasteiger charge is 2.34. The van der Waals surface area contributed by atoms with Crippen molar-refractivity contribution in [2.45, 2.75) is 18.9 Å². The number of nitrogens with one attached hydrogen (secondary N) is 1. The molecular formula is C10H15N5. The lowest BCUT2D eigenvalue weighted by Crippen LogP contribution is -2.52. The molecule has 0 amide bonds. The van der Waals surface area contributed by atoms with Gasteiger partial charge in [0.15, 0.2) is 0 Å². The maximum absolute atomic E-state index is 4.24. The molecule has 5 heteroatoms. The molecule has 15 heavy (non-hydrogen) atoms. The molecule has 1 saturated heterocycles. The van der Waals surface area contributed by atoms with Crippen molar-refractivity contribution in [2.24, 2.45) is 5.92 Å². The van der Waals surface area contributed by atoms with E-state index in [4.69, 9.17) is 0 Å². The third-order valence-corrected chi connectivity index (χ3v) is 3.15. The Hall–Kier alpha value is -1.23. The van der Waals surface area contributed by atoms with E-state index in [-0.39, 0.29) is 0 Å². The summed E-state index contributed by atoms with van der Waals surface area (Å²) in [5.41, 5.74) is 0. The van der Waals surface area contributed by atoms with Crippen molar-refractivity contribution in [3.8, 4) is 0 Å². The summed E-state index contributed by atoms with van der Waals surface area (Å²) >= 11 is 0. The lowest BCUT2D eigenvalue weighted by molar-refractivity contribution is 0.414. The predicted octanol–water partition coefficient (Wildman–Crippen LogP) is 0.0598. The molecule has 0 aromatic carbocycles. The van der Waals surface area contributed by atoms with E-state index < -0.39 is 0 Å². The van der Waals surface area contributed by atoms with Crippen LogP contribution >= 0.6 is 0 Å². The smallest absolute Gasteiger partial charge is 0.245 e. The summed E-state index contributed by atoms with van der Waals surface area (Å²) in [6.07, 6.45) is 6.07. The van der Waals surface area contributed by atoms with Crippen molar-refractivity contribution < 1.29 is 0 Å². The largest absolute Gasteiger partial charge is 0.337 e. The summed E-state index contributed by atoms with van der Waals surface area (Å²) < 4.78 is 0. The third-order valence-electron chi connectivity index (χ3n) is 3.15. The Bertz CT molecular complexity index is 324. The Morgan fingerprint density at radius 1 is 1.33 bits per heavy atom. The van der Waals surface area contributed by atoms with Crippen LogP contribution in [0.4, 0.5) is 5.95 Å². The van der Waals surface area contributed by atoms with E-state index in [0.29, 0.717) is 6.04 Å². The maximum atomic E-state index is 4.24. The van der Waals surface area contributed by atoms with Gasteiger partial charge in [-0.3, -0.25) is 0 Å². The quantitative estimate of drug-likeness (QED) is 0.740. The number of anilines is 1. The van der Waals surface area contributed by atoms with E-state index >= 15 is 0 Å². The first-order valence-corrected chi connectivity index (χ1v) is 5.55. The van der Waals surface area contributed by atoms with Gasteiger partial charge in [-0.05, 0) is 18.8 Å². The highest BCUT2D eigenvalue weighted by molar-refractivity contribution is 5.29. The molecule has 1 aromatic heterocycles. The number of aromatic nitrogens is 3. The standard InChI is InChI=1S/C10H15N5/c1-2-8(1)9-7-15(6-5-11-9)10-12-3-4-13-14-10/h3-4,8-9,11H,1-2,5-7H2/t9-/m1/s1. The van der Waals surface area contributed by atoms with Crippen LogP contribution in [0.5, 0.6) is 0 Å². The zero-order valence-electron chi connectivity index (χ0n) is 8.63. The molecular weight excluding hydrogens is 190 g/mol. The highest BCUT2D eigenvalue weighted by atomic mass is 15.3.